The van der Waals surface area contributed by atoms with Gasteiger partial charge in [0, 0.05) is 6.42 Å². The molecule has 0 saturated heterocycles. The molecule has 0 aliphatic heterocycles. The van der Waals surface area contributed by atoms with Crippen LogP contribution in [0.5, 0.6) is 11.5 Å². The van der Waals surface area contributed by atoms with Crippen LogP contribution < -0.4 is 5.32 Å². The fourth-order valence-corrected chi connectivity index (χ4v) is 2.71. The van der Waals surface area contributed by atoms with E-state index in [-0.39, 0.29) is 37.7 Å². The fourth-order valence-electron chi connectivity index (χ4n) is 2.71. The van der Waals surface area contributed by atoms with Gasteiger partial charge in [-0.05, 0) is 51.3 Å². The maximum absolute atomic E-state index is 12.5. The van der Waals surface area contributed by atoms with Gasteiger partial charge < -0.3 is 29.3 Å². The largest absolute Gasteiger partial charge is 0.509 e. The molecule has 0 saturated carbocycles. The number of benzene rings is 1. The Bertz CT molecular complexity index is 757. The number of phenolic OH excluding ortho intramolecular Hbond substituents is 2. The van der Waals surface area contributed by atoms with Gasteiger partial charge in [-0.25, -0.2) is 4.79 Å². The average molecular weight is 444 g/mol. The molecule has 2 atom stereocenters. The Morgan fingerprint density at radius 2 is 1.87 bits per heavy atom. The van der Waals surface area contributed by atoms with Gasteiger partial charge in [-0.1, -0.05) is 6.07 Å². The summed E-state index contributed by atoms with van der Waals surface area (Å²) in [5.74, 6) is -1.23. The van der Waals surface area contributed by atoms with Crippen molar-refractivity contribution in [3.05, 3.63) is 33.9 Å². The number of rotatable bonds is 13. The number of carbonyl (C=O) groups is 2. The number of aromatic hydroxyl groups is 2. The standard InChI is InChI=1S/C19H28N2O10/c1-4-28-17(24)19(3,12-14-7-8-15(22)16(23)11-14)20-13(2)31-18(25)29-9-5-6-10-30-21(26)27/h7-8,11,13,20,22-23H,4-6,9-10,12H2,1-3H3. The van der Waals surface area contributed by atoms with E-state index in [9.17, 15) is 29.9 Å². The number of carbonyl (C=O) groups excluding carboxylic acids is 2. The first kappa shape index (κ1) is 25.8. The van der Waals surface area contributed by atoms with Crippen LogP contribution in [0.4, 0.5) is 4.79 Å². The molecule has 0 heterocycles. The van der Waals surface area contributed by atoms with Gasteiger partial charge in [0.25, 0.3) is 5.09 Å². The van der Waals surface area contributed by atoms with Crippen molar-refractivity contribution in [1.29, 1.82) is 0 Å². The van der Waals surface area contributed by atoms with Gasteiger partial charge in [0.1, 0.15) is 5.54 Å². The van der Waals surface area contributed by atoms with E-state index in [1.54, 1.807) is 13.8 Å². The highest BCUT2D eigenvalue weighted by molar-refractivity contribution is 5.81. The number of esters is 1. The third-order valence-electron chi connectivity index (χ3n) is 4.07. The van der Waals surface area contributed by atoms with Crippen molar-refractivity contribution >= 4 is 12.1 Å². The van der Waals surface area contributed by atoms with Crippen molar-refractivity contribution < 1.29 is 43.9 Å². The number of hydrogen-bond donors (Lipinski definition) is 3. The van der Waals surface area contributed by atoms with Gasteiger partial charge in [-0.3, -0.25) is 10.1 Å². The quantitative estimate of drug-likeness (QED) is 0.102. The maximum Gasteiger partial charge on any atom is 0.509 e. The molecule has 12 nitrogen and oxygen atoms in total. The van der Waals surface area contributed by atoms with Gasteiger partial charge in [-0.15, -0.1) is 10.1 Å². The Balaban J connectivity index is 2.63. The van der Waals surface area contributed by atoms with Crippen LogP contribution in [0, 0.1) is 10.1 Å². The Kier molecular flexibility index (Phi) is 10.3. The number of nitrogens with one attached hydrogen (secondary N) is 1. The van der Waals surface area contributed by atoms with Crippen LogP contribution in [-0.4, -0.2) is 59.0 Å². The predicted octanol–water partition coefficient (Wildman–Crippen LogP) is 2.04. The van der Waals surface area contributed by atoms with Crippen LogP contribution in [-0.2, 0) is 30.3 Å². The van der Waals surface area contributed by atoms with E-state index in [1.165, 1.54) is 25.1 Å². The van der Waals surface area contributed by atoms with Crippen molar-refractivity contribution in [3.63, 3.8) is 0 Å². The zero-order chi connectivity index (χ0) is 23.4. The Labute approximate surface area is 179 Å². The summed E-state index contributed by atoms with van der Waals surface area (Å²) in [5.41, 5.74) is -0.788. The molecule has 0 aliphatic carbocycles. The number of nitrogens with zero attached hydrogens (tertiary/aromatic N) is 1. The van der Waals surface area contributed by atoms with E-state index < -0.39 is 29.0 Å². The molecule has 1 aromatic carbocycles. The van der Waals surface area contributed by atoms with Crippen LogP contribution in [0.15, 0.2) is 18.2 Å². The summed E-state index contributed by atoms with van der Waals surface area (Å²) in [6, 6.07) is 4.15. The van der Waals surface area contributed by atoms with Gasteiger partial charge in [0.05, 0.1) is 19.8 Å². The van der Waals surface area contributed by atoms with E-state index in [1.807, 2.05) is 0 Å². The molecule has 12 heteroatoms. The van der Waals surface area contributed by atoms with E-state index >= 15 is 0 Å². The summed E-state index contributed by atoms with van der Waals surface area (Å²) in [6.07, 6.45) is -1.19. The summed E-state index contributed by atoms with van der Waals surface area (Å²) in [7, 11) is 0. The minimum Gasteiger partial charge on any atom is -0.504 e. The molecule has 0 aromatic heterocycles. The van der Waals surface area contributed by atoms with Gasteiger partial charge in [-0.2, -0.15) is 0 Å². The van der Waals surface area contributed by atoms with Crippen molar-refractivity contribution in [2.75, 3.05) is 19.8 Å². The van der Waals surface area contributed by atoms with Crippen molar-refractivity contribution in [2.24, 2.45) is 0 Å². The maximum atomic E-state index is 12.5. The molecule has 3 N–H and O–H groups in total. The number of hydrogen-bond acceptors (Lipinski definition) is 11. The summed E-state index contributed by atoms with van der Waals surface area (Å²) in [4.78, 5) is 38.5. The Morgan fingerprint density at radius 1 is 1.19 bits per heavy atom. The van der Waals surface area contributed by atoms with Crippen molar-refractivity contribution in [1.82, 2.24) is 5.32 Å². The summed E-state index contributed by atoms with van der Waals surface area (Å²) < 4.78 is 15.1. The third kappa shape index (κ3) is 9.38. The first-order valence-corrected chi connectivity index (χ1v) is 9.64. The zero-order valence-corrected chi connectivity index (χ0v) is 17.7. The zero-order valence-electron chi connectivity index (χ0n) is 17.7. The lowest BCUT2D eigenvalue weighted by atomic mass is 9.92. The lowest BCUT2D eigenvalue weighted by Gasteiger charge is -2.31. The van der Waals surface area contributed by atoms with Crippen LogP contribution in [0.1, 0.15) is 39.2 Å². The smallest absolute Gasteiger partial charge is 0.504 e. The second-order valence-electron chi connectivity index (χ2n) is 6.82. The molecule has 0 amide bonds. The molecule has 1 aromatic rings. The van der Waals surface area contributed by atoms with E-state index in [0.717, 1.165) is 0 Å². The topological polar surface area (TPSA) is 167 Å². The molecule has 31 heavy (non-hydrogen) atoms. The normalized spacial score (nSPS) is 13.5. The first-order chi connectivity index (χ1) is 14.6. The molecular weight excluding hydrogens is 416 g/mol. The molecule has 0 bridgehead atoms. The van der Waals surface area contributed by atoms with E-state index in [2.05, 4.69) is 10.2 Å². The van der Waals surface area contributed by atoms with Crippen molar-refractivity contribution in [3.8, 4) is 11.5 Å². The second kappa shape index (κ2) is 12.4. The molecule has 0 radical (unpaired) electrons. The van der Waals surface area contributed by atoms with E-state index in [4.69, 9.17) is 14.2 Å². The molecule has 1 rings (SSSR count). The number of unbranched alkanes of at least 4 members (excludes halogenated alkanes) is 1. The average Bonchev–Trinajstić information content (AvgIpc) is 2.67. The SMILES string of the molecule is CCOC(=O)C(C)(Cc1ccc(O)c(O)c1)NC(C)OC(=O)OCCCCO[N+](=O)[O-]. The second-order valence-corrected chi connectivity index (χ2v) is 6.82. The molecule has 174 valence electrons. The lowest BCUT2D eigenvalue weighted by Crippen LogP contribution is -2.56. The number of phenols is 2. The van der Waals surface area contributed by atoms with Crippen molar-refractivity contribution in [2.45, 2.75) is 51.8 Å². The molecular formula is C19H28N2O10. The predicted molar refractivity (Wildman–Crippen MR) is 106 cm³/mol. The molecule has 0 aliphatic rings. The van der Waals surface area contributed by atoms with Crippen LogP contribution >= 0.6 is 0 Å². The third-order valence-corrected chi connectivity index (χ3v) is 4.07. The molecule has 0 spiro atoms. The van der Waals surface area contributed by atoms with Gasteiger partial charge >= 0.3 is 12.1 Å². The first-order valence-electron chi connectivity index (χ1n) is 9.64. The highest BCUT2D eigenvalue weighted by Gasteiger charge is 2.37. The van der Waals surface area contributed by atoms with Gasteiger partial charge in [0.2, 0.25) is 0 Å². The minimum absolute atomic E-state index is 0.0193. The highest BCUT2D eigenvalue weighted by Crippen LogP contribution is 2.27. The van der Waals surface area contributed by atoms with Crippen LogP contribution in [0.2, 0.25) is 0 Å². The lowest BCUT2D eigenvalue weighted by molar-refractivity contribution is -0.757. The van der Waals surface area contributed by atoms with Crippen LogP contribution in [0.3, 0.4) is 0 Å². The Hall–Kier alpha value is -3.28. The van der Waals surface area contributed by atoms with Crippen LogP contribution in [0.25, 0.3) is 0 Å². The van der Waals surface area contributed by atoms with E-state index in [0.29, 0.717) is 18.4 Å². The summed E-state index contributed by atoms with van der Waals surface area (Å²) in [6.45, 7) is 4.71. The summed E-state index contributed by atoms with van der Waals surface area (Å²) >= 11 is 0. The summed E-state index contributed by atoms with van der Waals surface area (Å²) in [5, 5.41) is 31.2. The fraction of sp³-hybridized carbons (Fsp3) is 0.579. The monoisotopic (exact) mass is 444 g/mol. The highest BCUT2D eigenvalue weighted by atomic mass is 16.9. The Morgan fingerprint density at radius 3 is 2.48 bits per heavy atom. The minimum atomic E-state index is -1.32. The number of ether oxygens (including phenoxy) is 3. The molecule has 2 unspecified atom stereocenters. The molecule has 0 fully saturated rings. The van der Waals surface area contributed by atoms with Gasteiger partial charge in [0.15, 0.2) is 17.7 Å².